The molecule has 3 heterocycles. The highest BCUT2D eigenvalue weighted by Crippen LogP contribution is 2.70. The monoisotopic (exact) mass is 811 g/mol. The number of halogens is 3. The van der Waals surface area contributed by atoms with Gasteiger partial charge in [-0.3, -0.25) is 19.5 Å². The van der Waals surface area contributed by atoms with E-state index in [1.165, 1.54) is 11.0 Å². The Hall–Kier alpha value is -3.82. The molecule has 0 spiro atoms. The molecule has 1 aromatic carbocycles. The molecule has 4 N–H and O–H groups in total. The first-order valence-corrected chi connectivity index (χ1v) is 21.5. The number of fused-ring (bicyclic) bond motifs is 2. The SMILES string of the molecule is CCOP(=O)(O)[C@@]12C[C@H]1/C=C\CCCCC[C@H](NC(=O)OC1CCCC1)C(=O)N1C[C@H](OC(=O)Nc3cc(C(F)(F)F)ccc3N3CCCCC3)C[C@H]1C(=O)N2. The molecule has 56 heavy (non-hydrogen) atoms. The Morgan fingerprint density at radius 1 is 0.982 bits per heavy atom. The zero-order valence-electron chi connectivity index (χ0n) is 31.7. The molecule has 1 unspecified atom stereocenters. The van der Waals surface area contributed by atoms with E-state index < -0.39 is 72.7 Å². The van der Waals surface area contributed by atoms with Crippen molar-refractivity contribution in [1.29, 1.82) is 0 Å². The van der Waals surface area contributed by atoms with Gasteiger partial charge in [0.1, 0.15) is 29.6 Å². The second-order valence-electron chi connectivity index (χ2n) is 15.4. The van der Waals surface area contributed by atoms with Crippen molar-refractivity contribution in [2.45, 2.75) is 133 Å². The highest BCUT2D eigenvalue weighted by Gasteiger charge is 2.67. The Morgan fingerprint density at radius 3 is 2.39 bits per heavy atom. The maximum Gasteiger partial charge on any atom is 0.416 e. The van der Waals surface area contributed by atoms with E-state index in [1.54, 1.807) is 13.0 Å². The summed E-state index contributed by atoms with van der Waals surface area (Å²) in [5, 5.41) is 6.28. The maximum atomic E-state index is 14.4. The third-order valence-electron chi connectivity index (χ3n) is 11.4. The number of benzene rings is 1. The van der Waals surface area contributed by atoms with Crippen molar-refractivity contribution < 1.29 is 55.8 Å². The number of alkyl halides is 3. The minimum absolute atomic E-state index is 0.0867. The van der Waals surface area contributed by atoms with Gasteiger partial charge in [-0.1, -0.05) is 25.0 Å². The van der Waals surface area contributed by atoms with Crippen molar-refractivity contribution in [3.8, 4) is 0 Å². The molecule has 1 aromatic rings. The summed E-state index contributed by atoms with van der Waals surface area (Å²) in [4.78, 5) is 69.3. The van der Waals surface area contributed by atoms with Crippen LogP contribution in [0.1, 0.15) is 102 Å². The van der Waals surface area contributed by atoms with E-state index in [1.807, 2.05) is 11.0 Å². The number of rotatable bonds is 8. The molecular formula is C38H53F3N5O9P. The Bertz CT molecular complexity index is 1690. The molecule has 310 valence electrons. The molecule has 2 aliphatic carbocycles. The zero-order valence-corrected chi connectivity index (χ0v) is 32.6. The largest absolute Gasteiger partial charge is 0.446 e. The minimum Gasteiger partial charge on any atom is -0.446 e. The van der Waals surface area contributed by atoms with Crippen molar-refractivity contribution >= 4 is 43.0 Å². The molecule has 0 bridgehead atoms. The van der Waals surface area contributed by atoms with E-state index >= 15 is 0 Å². The van der Waals surface area contributed by atoms with Crippen molar-refractivity contribution in [2.75, 3.05) is 36.5 Å². The average molecular weight is 812 g/mol. The highest BCUT2D eigenvalue weighted by molar-refractivity contribution is 7.55. The number of ether oxygens (including phenoxy) is 2. The lowest BCUT2D eigenvalue weighted by Crippen LogP contribution is -2.55. The molecule has 0 aromatic heterocycles. The van der Waals surface area contributed by atoms with Gasteiger partial charge in [0.2, 0.25) is 11.8 Å². The molecule has 4 amide bonds. The van der Waals surface area contributed by atoms with Crippen LogP contribution in [0.2, 0.25) is 0 Å². The van der Waals surface area contributed by atoms with Crippen molar-refractivity contribution in [1.82, 2.24) is 15.5 Å². The first kappa shape index (κ1) is 41.8. The van der Waals surface area contributed by atoms with E-state index in [-0.39, 0.29) is 44.2 Å². The molecule has 14 nitrogen and oxygen atoms in total. The van der Waals surface area contributed by atoms with Crippen LogP contribution < -0.4 is 20.9 Å². The molecule has 5 aliphatic rings. The Balaban J connectivity index is 1.25. The lowest BCUT2D eigenvalue weighted by atomic mass is 10.0. The summed E-state index contributed by atoms with van der Waals surface area (Å²) in [5.74, 6) is -1.91. The number of alkyl carbamates (subject to hydrolysis) is 1. The van der Waals surface area contributed by atoms with Crippen LogP contribution in [0.4, 0.5) is 34.1 Å². The summed E-state index contributed by atoms with van der Waals surface area (Å²) < 4.78 is 71.4. The van der Waals surface area contributed by atoms with Gasteiger partial charge < -0.3 is 39.3 Å². The fraction of sp³-hybridized carbons (Fsp3) is 0.684. The summed E-state index contributed by atoms with van der Waals surface area (Å²) in [7, 11) is -4.42. The normalized spacial score (nSPS) is 29.4. The van der Waals surface area contributed by atoms with Crippen LogP contribution in [0.5, 0.6) is 0 Å². The summed E-state index contributed by atoms with van der Waals surface area (Å²) in [6.45, 7) is 2.37. The predicted molar refractivity (Wildman–Crippen MR) is 200 cm³/mol. The van der Waals surface area contributed by atoms with Crippen LogP contribution in [0.15, 0.2) is 30.4 Å². The number of amides is 4. The number of allylic oxidation sites excluding steroid dienone is 1. The number of nitrogens with zero attached hydrogens (tertiary/aromatic N) is 2. The lowest BCUT2D eigenvalue weighted by molar-refractivity contribution is -0.140. The Morgan fingerprint density at radius 2 is 1.68 bits per heavy atom. The number of carbonyl (C=O) groups excluding carboxylic acids is 4. The molecule has 2 saturated heterocycles. The minimum atomic E-state index is -4.67. The molecule has 0 radical (unpaired) electrons. The first-order chi connectivity index (χ1) is 26.7. The second kappa shape index (κ2) is 17.8. The molecular weight excluding hydrogens is 758 g/mol. The second-order valence-corrected chi connectivity index (χ2v) is 17.5. The molecule has 18 heteroatoms. The smallest absolute Gasteiger partial charge is 0.416 e. The van der Waals surface area contributed by atoms with Gasteiger partial charge in [-0.05, 0) is 95.8 Å². The lowest BCUT2D eigenvalue weighted by Gasteiger charge is -2.31. The van der Waals surface area contributed by atoms with E-state index in [4.69, 9.17) is 14.0 Å². The van der Waals surface area contributed by atoms with Crippen molar-refractivity contribution in [3.05, 3.63) is 35.9 Å². The summed E-state index contributed by atoms with van der Waals surface area (Å²) in [6, 6.07) is 0.738. The number of nitrogens with one attached hydrogen (secondary N) is 3. The van der Waals surface area contributed by atoms with Gasteiger partial charge in [0.25, 0.3) is 0 Å². The Kier molecular flexibility index (Phi) is 13.3. The zero-order chi connectivity index (χ0) is 40.1. The van der Waals surface area contributed by atoms with Crippen LogP contribution in [0, 0.1) is 5.92 Å². The predicted octanol–water partition coefficient (Wildman–Crippen LogP) is 6.83. The molecule has 4 fully saturated rings. The Labute approximate surface area is 324 Å². The topological polar surface area (TPSA) is 176 Å². The van der Waals surface area contributed by atoms with Crippen LogP contribution in [-0.2, 0) is 34.3 Å². The van der Waals surface area contributed by atoms with Crippen molar-refractivity contribution in [2.24, 2.45) is 5.92 Å². The van der Waals surface area contributed by atoms with Crippen LogP contribution in [0.25, 0.3) is 0 Å². The van der Waals surface area contributed by atoms with E-state index in [0.717, 1.165) is 50.7 Å². The van der Waals surface area contributed by atoms with E-state index in [2.05, 4.69) is 16.0 Å². The van der Waals surface area contributed by atoms with Gasteiger partial charge in [0, 0.05) is 25.4 Å². The van der Waals surface area contributed by atoms with Crippen molar-refractivity contribution in [3.63, 3.8) is 0 Å². The van der Waals surface area contributed by atoms with Gasteiger partial charge in [0.15, 0.2) is 0 Å². The molecule has 6 atom stereocenters. The van der Waals surface area contributed by atoms with Gasteiger partial charge >= 0.3 is 26.0 Å². The van der Waals surface area contributed by atoms with Gasteiger partial charge in [0.05, 0.1) is 30.1 Å². The van der Waals surface area contributed by atoms with Gasteiger partial charge in [-0.15, -0.1) is 0 Å². The number of hydrogen-bond donors (Lipinski definition) is 4. The average Bonchev–Trinajstić information content (AvgIpc) is 3.42. The molecule has 6 rings (SSSR count). The molecule has 2 saturated carbocycles. The first-order valence-electron chi connectivity index (χ1n) is 19.9. The van der Waals surface area contributed by atoms with Gasteiger partial charge in [-0.25, -0.2) is 9.59 Å². The number of carbonyl (C=O) groups is 4. The number of anilines is 2. The quantitative estimate of drug-likeness (QED) is 0.161. The standard InChI is InChI=1S/C38H53F3N5O9P/c1-2-53-56(51,52)37-23-26(37)13-7-4-3-5-8-16-29(42-35(49)54-27-14-9-10-15-27)34(48)46-24-28(22-32(46)33(47)44-37)55-36(50)43-30-21-25(38(39,40)41)17-18-31(30)45-19-11-6-12-20-45/h7,13,17-18,21,26-29,32H,2-6,8-12,14-16,19-20,22-24H2,1H3,(H,42,49)(H,43,50)(H,44,47)(H,51,52)/b13-7-/t26-,28-,29+,32+,37+/m1/s1. The van der Waals surface area contributed by atoms with Crippen LogP contribution in [-0.4, -0.2) is 89.6 Å². The summed E-state index contributed by atoms with van der Waals surface area (Å²) in [6.07, 6.45) is 4.55. The number of hydrogen-bond acceptors (Lipinski definition) is 9. The van der Waals surface area contributed by atoms with Crippen LogP contribution >= 0.6 is 7.60 Å². The van der Waals surface area contributed by atoms with E-state index in [0.29, 0.717) is 50.9 Å². The summed E-state index contributed by atoms with van der Waals surface area (Å²) >= 11 is 0. The number of piperidine rings is 1. The fourth-order valence-electron chi connectivity index (χ4n) is 8.36. The van der Waals surface area contributed by atoms with Gasteiger partial charge in [-0.2, -0.15) is 13.2 Å². The van der Waals surface area contributed by atoms with E-state index in [9.17, 15) is 41.8 Å². The fourth-order valence-corrected chi connectivity index (χ4v) is 10.1. The third kappa shape index (κ3) is 9.82. The summed E-state index contributed by atoms with van der Waals surface area (Å²) in [5.41, 5.74) is -0.645. The van der Waals surface area contributed by atoms with Crippen LogP contribution in [0.3, 0.4) is 0 Å². The maximum absolute atomic E-state index is 14.4. The third-order valence-corrected chi connectivity index (χ3v) is 13.7. The molecule has 3 aliphatic heterocycles. The highest BCUT2D eigenvalue weighted by atomic mass is 31.2.